The van der Waals surface area contributed by atoms with Crippen molar-refractivity contribution in [2.24, 2.45) is 0 Å². The number of rotatable bonds is 11. The first-order valence-corrected chi connectivity index (χ1v) is 11.8. The zero-order valence-electron chi connectivity index (χ0n) is 20.3. The highest BCUT2D eigenvalue weighted by Gasteiger charge is 2.28. The van der Waals surface area contributed by atoms with E-state index in [2.05, 4.69) is 13.8 Å². The lowest BCUT2D eigenvalue weighted by Crippen LogP contribution is -2.30. The molecule has 3 N–H and O–H groups in total. The van der Waals surface area contributed by atoms with Gasteiger partial charge in [-0.3, -0.25) is 0 Å². The van der Waals surface area contributed by atoms with Gasteiger partial charge in [0, 0.05) is 22.6 Å². The molecule has 5 nitrogen and oxygen atoms in total. The Kier molecular flexibility index (Phi) is 7.86. The SMILES string of the molecule is CC(C)(COCc1ccccc1)c1cc2cc(N)c(F)cc2n1C[C@H](O)COCc1ccccc1. The number of aliphatic hydroxyl groups is 1. The smallest absolute Gasteiger partial charge is 0.148 e. The number of nitrogen functional groups attached to an aromatic ring is 1. The predicted octanol–water partition coefficient (Wildman–Crippen LogP) is 5.43. The van der Waals surface area contributed by atoms with Crippen molar-refractivity contribution in [3.05, 3.63) is 102 Å². The molecule has 184 valence electrons. The fourth-order valence-corrected chi connectivity index (χ4v) is 4.28. The second-order valence-electron chi connectivity index (χ2n) is 9.59. The van der Waals surface area contributed by atoms with Crippen LogP contribution >= 0.6 is 0 Å². The summed E-state index contributed by atoms with van der Waals surface area (Å²) in [5.41, 5.74) is 9.31. The zero-order valence-corrected chi connectivity index (χ0v) is 20.3. The second kappa shape index (κ2) is 11.0. The zero-order chi connectivity index (χ0) is 24.8. The van der Waals surface area contributed by atoms with Gasteiger partial charge in [-0.1, -0.05) is 74.5 Å². The summed E-state index contributed by atoms with van der Waals surface area (Å²) < 4.78 is 28.2. The van der Waals surface area contributed by atoms with Crippen molar-refractivity contribution in [1.29, 1.82) is 0 Å². The van der Waals surface area contributed by atoms with Crippen LogP contribution in [0.3, 0.4) is 0 Å². The quantitative estimate of drug-likeness (QED) is 0.283. The highest BCUT2D eigenvalue weighted by molar-refractivity contribution is 5.85. The number of halogens is 1. The van der Waals surface area contributed by atoms with Crippen LogP contribution in [0.25, 0.3) is 10.9 Å². The fraction of sp³-hybridized carbons (Fsp3) is 0.310. The maximum Gasteiger partial charge on any atom is 0.148 e. The van der Waals surface area contributed by atoms with E-state index in [1.54, 1.807) is 6.07 Å². The summed E-state index contributed by atoms with van der Waals surface area (Å²) in [5.74, 6) is -0.476. The molecule has 1 atom stereocenters. The first-order valence-electron chi connectivity index (χ1n) is 11.8. The molecule has 0 aliphatic carbocycles. The number of aliphatic hydroxyl groups excluding tert-OH is 1. The Labute approximate surface area is 205 Å². The van der Waals surface area contributed by atoms with E-state index < -0.39 is 17.3 Å². The molecular formula is C29H33FN2O3. The van der Waals surface area contributed by atoms with Gasteiger partial charge in [0.15, 0.2) is 0 Å². The van der Waals surface area contributed by atoms with E-state index in [9.17, 15) is 9.50 Å². The minimum absolute atomic E-state index is 0.103. The molecule has 0 spiro atoms. The summed E-state index contributed by atoms with van der Waals surface area (Å²) >= 11 is 0. The van der Waals surface area contributed by atoms with Gasteiger partial charge in [0.1, 0.15) is 5.82 Å². The maximum atomic E-state index is 14.4. The molecule has 4 aromatic rings. The Hall–Kier alpha value is -3.19. The number of fused-ring (bicyclic) bond motifs is 1. The number of benzene rings is 3. The van der Waals surface area contributed by atoms with Crippen LogP contribution in [0, 0.1) is 5.82 Å². The van der Waals surface area contributed by atoms with Gasteiger partial charge in [0.2, 0.25) is 0 Å². The van der Waals surface area contributed by atoms with Crippen LogP contribution in [-0.4, -0.2) is 29.0 Å². The van der Waals surface area contributed by atoms with Crippen LogP contribution < -0.4 is 5.73 Å². The summed E-state index contributed by atoms with van der Waals surface area (Å²) in [5, 5.41) is 11.6. The molecule has 0 aliphatic rings. The summed E-state index contributed by atoms with van der Waals surface area (Å²) in [4.78, 5) is 0. The molecule has 6 heteroatoms. The topological polar surface area (TPSA) is 69.6 Å². The van der Waals surface area contributed by atoms with Gasteiger partial charge in [-0.2, -0.15) is 0 Å². The Morgan fingerprint density at radius 3 is 2.14 bits per heavy atom. The van der Waals surface area contributed by atoms with E-state index in [-0.39, 0.29) is 18.8 Å². The number of hydrogen-bond acceptors (Lipinski definition) is 4. The maximum absolute atomic E-state index is 14.4. The first kappa shape index (κ1) is 24.9. The molecule has 0 fully saturated rings. The standard InChI is InChI=1S/C29H33FN2O3/c1-29(2,20-35-18-22-11-7-4-8-12-22)28-14-23-13-26(31)25(30)15-27(23)32(28)16-24(33)19-34-17-21-9-5-3-6-10-21/h3-15,24,33H,16-20,31H2,1-2H3/t24-/m0/s1. The summed E-state index contributed by atoms with van der Waals surface area (Å²) in [7, 11) is 0. The van der Waals surface area contributed by atoms with Gasteiger partial charge < -0.3 is 24.9 Å². The summed E-state index contributed by atoms with van der Waals surface area (Å²) in [6.07, 6.45) is -0.769. The fourth-order valence-electron chi connectivity index (χ4n) is 4.28. The molecule has 0 aliphatic heterocycles. The van der Waals surface area contributed by atoms with E-state index in [0.29, 0.717) is 25.3 Å². The van der Waals surface area contributed by atoms with Crippen LogP contribution in [0.4, 0.5) is 10.1 Å². The molecule has 1 heterocycles. The largest absolute Gasteiger partial charge is 0.396 e. The molecule has 0 unspecified atom stereocenters. The number of ether oxygens (including phenoxy) is 2. The van der Waals surface area contributed by atoms with Crippen molar-refractivity contribution >= 4 is 16.6 Å². The molecular weight excluding hydrogens is 443 g/mol. The van der Waals surface area contributed by atoms with Crippen molar-refractivity contribution in [3.63, 3.8) is 0 Å². The van der Waals surface area contributed by atoms with Crippen LogP contribution in [0.1, 0.15) is 30.7 Å². The highest BCUT2D eigenvalue weighted by atomic mass is 19.1. The number of anilines is 1. The molecule has 0 saturated heterocycles. The van der Waals surface area contributed by atoms with Gasteiger partial charge in [0.25, 0.3) is 0 Å². The lowest BCUT2D eigenvalue weighted by molar-refractivity contribution is 0.0195. The summed E-state index contributed by atoms with van der Waals surface area (Å²) in [6.45, 7) is 5.97. The van der Waals surface area contributed by atoms with Gasteiger partial charge in [-0.25, -0.2) is 4.39 Å². The highest BCUT2D eigenvalue weighted by Crippen LogP contribution is 2.33. The Balaban J connectivity index is 1.51. The average Bonchev–Trinajstić information content (AvgIpc) is 3.18. The lowest BCUT2D eigenvalue weighted by Gasteiger charge is -2.28. The van der Waals surface area contributed by atoms with Gasteiger partial charge in [-0.15, -0.1) is 0 Å². The van der Waals surface area contributed by atoms with Crippen molar-refractivity contribution < 1.29 is 19.0 Å². The van der Waals surface area contributed by atoms with Crippen molar-refractivity contribution in [1.82, 2.24) is 4.57 Å². The van der Waals surface area contributed by atoms with Crippen LogP contribution in [-0.2, 0) is 34.6 Å². The normalized spacial score (nSPS) is 12.8. The van der Waals surface area contributed by atoms with Crippen molar-refractivity contribution in [3.8, 4) is 0 Å². The van der Waals surface area contributed by atoms with E-state index in [0.717, 1.165) is 22.2 Å². The molecule has 3 aromatic carbocycles. The minimum atomic E-state index is -0.769. The van der Waals surface area contributed by atoms with E-state index in [1.807, 2.05) is 71.3 Å². The molecule has 4 rings (SSSR count). The van der Waals surface area contributed by atoms with Crippen molar-refractivity contribution in [2.45, 2.75) is 45.1 Å². The third-order valence-electron chi connectivity index (χ3n) is 6.10. The average molecular weight is 477 g/mol. The van der Waals surface area contributed by atoms with Crippen molar-refractivity contribution in [2.75, 3.05) is 18.9 Å². The van der Waals surface area contributed by atoms with E-state index in [4.69, 9.17) is 15.2 Å². The lowest BCUT2D eigenvalue weighted by atomic mass is 9.90. The first-order chi connectivity index (χ1) is 16.8. The van der Waals surface area contributed by atoms with E-state index >= 15 is 0 Å². The molecule has 0 amide bonds. The minimum Gasteiger partial charge on any atom is -0.396 e. The summed E-state index contributed by atoms with van der Waals surface area (Å²) in [6, 6.07) is 24.9. The number of aromatic nitrogens is 1. The Bertz CT molecular complexity index is 1240. The van der Waals surface area contributed by atoms with Crippen LogP contribution in [0.2, 0.25) is 0 Å². The third kappa shape index (κ3) is 6.28. The monoisotopic (exact) mass is 476 g/mol. The molecule has 0 bridgehead atoms. The number of nitrogens with two attached hydrogens (primary N) is 1. The van der Waals surface area contributed by atoms with E-state index in [1.165, 1.54) is 6.07 Å². The number of hydrogen-bond donors (Lipinski definition) is 2. The van der Waals surface area contributed by atoms with Crippen LogP contribution in [0.5, 0.6) is 0 Å². The predicted molar refractivity (Wildman–Crippen MR) is 138 cm³/mol. The van der Waals surface area contributed by atoms with Gasteiger partial charge in [0.05, 0.1) is 50.3 Å². The number of nitrogens with zero attached hydrogens (tertiary/aromatic N) is 1. The van der Waals surface area contributed by atoms with Gasteiger partial charge >= 0.3 is 0 Å². The van der Waals surface area contributed by atoms with Gasteiger partial charge in [-0.05, 0) is 23.3 Å². The Morgan fingerprint density at radius 2 is 1.51 bits per heavy atom. The molecule has 35 heavy (non-hydrogen) atoms. The van der Waals surface area contributed by atoms with Crippen LogP contribution in [0.15, 0.2) is 78.9 Å². The molecule has 1 aromatic heterocycles. The third-order valence-corrected chi connectivity index (χ3v) is 6.10. The molecule has 0 saturated carbocycles. The second-order valence-corrected chi connectivity index (χ2v) is 9.59. The molecule has 0 radical (unpaired) electrons. The Morgan fingerprint density at radius 1 is 0.914 bits per heavy atom.